The van der Waals surface area contributed by atoms with Gasteiger partial charge < -0.3 is 4.74 Å². The molecular weight excluding hydrogens is 406 g/mol. The van der Waals surface area contributed by atoms with Gasteiger partial charge in [-0.15, -0.1) is 11.3 Å². The minimum Gasteiger partial charge on any atom is -0.457 e. The van der Waals surface area contributed by atoms with Crippen LogP contribution in [-0.4, -0.2) is 15.7 Å². The molecule has 154 valence electrons. The molecule has 0 spiro atoms. The highest BCUT2D eigenvalue weighted by Crippen LogP contribution is 2.32. The number of carbonyl (C=O) groups is 1. The summed E-state index contributed by atoms with van der Waals surface area (Å²) in [6.45, 7) is 4.05. The van der Waals surface area contributed by atoms with Crippen molar-refractivity contribution < 1.29 is 18.3 Å². The first kappa shape index (κ1) is 20.2. The first-order valence-corrected chi connectivity index (χ1v) is 10.3. The summed E-state index contributed by atoms with van der Waals surface area (Å²) in [4.78, 5) is 14.0. The molecule has 7 heteroatoms. The lowest BCUT2D eigenvalue weighted by Gasteiger charge is -2.08. The number of aromatic nitrogens is 2. The third kappa shape index (κ3) is 3.98. The van der Waals surface area contributed by atoms with Crippen LogP contribution < -0.4 is 0 Å². The molecule has 30 heavy (non-hydrogen) atoms. The van der Waals surface area contributed by atoms with Gasteiger partial charge in [-0.25, -0.2) is 13.6 Å². The Morgan fingerprint density at radius 1 is 1.07 bits per heavy atom. The minimum absolute atomic E-state index is 0.0612. The van der Waals surface area contributed by atoms with E-state index in [4.69, 9.17) is 4.74 Å². The summed E-state index contributed by atoms with van der Waals surface area (Å²) >= 11 is 1.33. The number of benzene rings is 2. The number of thiophene rings is 1. The summed E-state index contributed by atoms with van der Waals surface area (Å²) in [6, 6.07) is 12.0. The van der Waals surface area contributed by atoms with E-state index in [1.165, 1.54) is 35.6 Å². The lowest BCUT2D eigenvalue weighted by Crippen LogP contribution is -2.04. The van der Waals surface area contributed by atoms with Gasteiger partial charge in [0.2, 0.25) is 0 Å². The Kier molecular flexibility index (Phi) is 5.39. The van der Waals surface area contributed by atoms with Crippen LogP contribution in [0.1, 0.15) is 40.7 Å². The molecule has 0 radical (unpaired) electrons. The molecule has 0 amide bonds. The van der Waals surface area contributed by atoms with Crippen LogP contribution in [0.15, 0.2) is 48.5 Å². The Balaban J connectivity index is 1.53. The quantitative estimate of drug-likeness (QED) is 0.364. The van der Waals surface area contributed by atoms with Gasteiger partial charge in [0.15, 0.2) is 0 Å². The Hall–Kier alpha value is -3.06. The second-order valence-corrected chi connectivity index (χ2v) is 8.45. The monoisotopic (exact) mass is 426 g/mol. The smallest absolute Gasteiger partial charge is 0.348 e. The van der Waals surface area contributed by atoms with Crippen LogP contribution in [0.3, 0.4) is 0 Å². The molecule has 4 aromatic rings. The van der Waals surface area contributed by atoms with Gasteiger partial charge in [-0.05, 0) is 59.0 Å². The van der Waals surface area contributed by atoms with E-state index in [2.05, 4.69) is 18.9 Å². The average Bonchev–Trinajstić information content (AvgIpc) is 3.27. The molecule has 4 rings (SSSR count). The van der Waals surface area contributed by atoms with Crippen LogP contribution in [0, 0.1) is 11.6 Å². The van der Waals surface area contributed by atoms with E-state index in [1.807, 2.05) is 7.05 Å². The van der Waals surface area contributed by atoms with E-state index in [9.17, 15) is 13.6 Å². The van der Waals surface area contributed by atoms with Crippen molar-refractivity contribution in [2.45, 2.75) is 26.4 Å². The zero-order valence-electron chi connectivity index (χ0n) is 16.8. The summed E-state index contributed by atoms with van der Waals surface area (Å²) in [5.41, 5.74) is 2.74. The maximum Gasteiger partial charge on any atom is 0.348 e. The third-order valence-corrected chi connectivity index (χ3v) is 5.98. The van der Waals surface area contributed by atoms with Crippen LogP contribution in [0.2, 0.25) is 0 Å². The molecule has 2 aromatic heterocycles. The predicted molar refractivity (Wildman–Crippen MR) is 114 cm³/mol. The molecule has 0 N–H and O–H groups in total. The van der Waals surface area contributed by atoms with Gasteiger partial charge in [0.25, 0.3) is 0 Å². The highest BCUT2D eigenvalue weighted by molar-refractivity contribution is 7.20. The molecule has 0 unspecified atom stereocenters. The first-order chi connectivity index (χ1) is 14.3. The van der Waals surface area contributed by atoms with Gasteiger partial charge in [-0.3, -0.25) is 4.68 Å². The highest BCUT2D eigenvalue weighted by Gasteiger charge is 2.19. The Labute approximate surface area is 176 Å². The van der Waals surface area contributed by atoms with Gasteiger partial charge in [0.1, 0.15) is 27.9 Å². The second-order valence-electron chi connectivity index (χ2n) is 7.42. The Morgan fingerprint density at radius 2 is 1.80 bits per heavy atom. The standard InChI is InChI=1S/C23H20F2N2O2S/c1-13(2)21-19-11-20(30-22(19)27(3)26-21)23(28)29-12-14-8-16(10-18(25)9-14)15-4-6-17(24)7-5-15/h4-11,13H,12H2,1-3H3. The van der Waals surface area contributed by atoms with Gasteiger partial charge in [-0.1, -0.05) is 26.0 Å². The topological polar surface area (TPSA) is 44.1 Å². The second kappa shape index (κ2) is 7.99. The van der Waals surface area contributed by atoms with Crippen molar-refractivity contribution in [2.75, 3.05) is 0 Å². The van der Waals surface area contributed by atoms with Crippen LogP contribution in [0.5, 0.6) is 0 Å². The molecule has 0 aliphatic carbocycles. The summed E-state index contributed by atoms with van der Waals surface area (Å²) in [6.07, 6.45) is 0. The van der Waals surface area contributed by atoms with E-state index in [1.54, 1.807) is 28.9 Å². The van der Waals surface area contributed by atoms with Gasteiger partial charge in [-0.2, -0.15) is 5.10 Å². The van der Waals surface area contributed by atoms with Crippen LogP contribution in [0.25, 0.3) is 21.3 Å². The molecule has 0 aliphatic rings. The number of halogens is 2. The number of esters is 1. The maximum atomic E-state index is 14.1. The predicted octanol–water partition coefficient (Wildman–Crippen LogP) is 6.06. The molecule has 0 bridgehead atoms. The summed E-state index contributed by atoms with van der Waals surface area (Å²) in [5, 5.41) is 5.46. The van der Waals surface area contributed by atoms with Crippen molar-refractivity contribution in [1.82, 2.24) is 9.78 Å². The number of ether oxygens (including phenoxy) is 1. The molecule has 4 nitrogen and oxygen atoms in total. The number of rotatable bonds is 5. The van der Waals surface area contributed by atoms with Crippen LogP contribution in [0.4, 0.5) is 8.78 Å². The third-order valence-electron chi connectivity index (χ3n) is 4.79. The zero-order valence-corrected chi connectivity index (χ0v) is 17.6. The van der Waals surface area contributed by atoms with Crippen LogP contribution >= 0.6 is 11.3 Å². The number of fused-ring (bicyclic) bond motifs is 1. The summed E-state index contributed by atoms with van der Waals surface area (Å²) in [5.74, 6) is -1.02. The van der Waals surface area contributed by atoms with E-state index >= 15 is 0 Å². The summed E-state index contributed by atoms with van der Waals surface area (Å²) < 4.78 is 34.4. The van der Waals surface area contributed by atoms with E-state index < -0.39 is 11.8 Å². The number of aryl methyl sites for hydroxylation is 1. The number of hydrogen-bond donors (Lipinski definition) is 0. The van der Waals surface area contributed by atoms with Crippen molar-refractivity contribution in [1.29, 1.82) is 0 Å². The van der Waals surface area contributed by atoms with Gasteiger partial charge in [0.05, 0.1) is 5.69 Å². The molecule has 0 fully saturated rings. The maximum absolute atomic E-state index is 14.1. The van der Waals surface area contributed by atoms with E-state index in [0.717, 1.165) is 15.9 Å². The molecule has 0 saturated carbocycles. The fraction of sp³-hybridized carbons (Fsp3) is 0.217. The number of hydrogen-bond acceptors (Lipinski definition) is 4. The lowest BCUT2D eigenvalue weighted by molar-refractivity contribution is 0.0478. The molecule has 2 aromatic carbocycles. The Morgan fingerprint density at radius 3 is 2.50 bits per heavy atom. The molecule has 2 heterocycles. The van der Waals surface area contributed by atoms with E-state index in [0.29, 0.717) is 21.6 Å². The summed E-state index contributed by atoms with van der Waals surface area (Å²) in [7, 11) is 1.85. The fourth-order valence-corrected chi connectivity index (χ4v) is 4.33. The fourth-order valence-electron chi connectivity index (χ4n) is 3.36. The molecule has 0 aliphatic heterocycles. The van der Waals surface area contributed by atoms with Crippen molar-refractivity contribution >= 4 is 27.5 Å². The lowest BCUT2D eigenvalue weighted by atomic mass is 10.0. The first-order valence-electron chi connectivity index (χ1n) is 9.51. The normalized spacial score (nSPS) is 11.4. The highest BCUT2D eigenvalue weighted by atomic mass is 32.1. The largest absolute Gasteiger partial charge is 0.457 e. The van der Waals surface area contributed by atoms with Crippen molar-refractivity contribution in [3.8, 4) is 11.1 Å². The average molecular weight is 426 g/mol. The Bertz CT molecular complexity index is 1230. The number of nitrogens with zero attached hydrogens (tertiary/aromatic N) is 2. The van der Waals surface area contributed by atoms with Gasteiger partial charge >= 0.3 is 5.97 Å². The SMILES string of the molecule is CC(C)c1nn(C)c2sc(C(=O)OCc3cc(F)cc(-c4ccc(F)cc4)c3)cc12. The van der Waals surface area contributed by atoms with Crippen molar-refractivity contribution in [3.05, 3.63) is 76.3 Å². The van der Waals surface area contributed by atoms with Gasteiger partial charge in [0, 0.05) is 12.4 Å². The number of carbonyl (C=O) groups excluding carboxylic acids is 1. The zero-order chi connectivity index (χ0) is 21.4. The van der Waals surface area contributed by atoms with Crippen LogP contribution in [-0.2, 0) is 18.4 Å². The van der Waals surface area contributed by atoms with Crippen molar-refractivity contribution in [2.24, 2.45) is 7.05 Å². The minimum atomic E-state index is -0.460. The molecule has 0 saturated heterocycles. The molecule has 0 atom stereocenters. The van der Waals surface area contributed by atoms with Crippen molar-refractivity contribution in [3.63, 3.8) is 0 Å². The molecular formula is C23H20F2N2O2S. The van der Waals surface area contributed by atoms with E-state index in [-0.39, 0.29) is 18.3 Å².